The standard InChI is InChI=1S/C22H26N2S2/c1-3-7-17-15(5-1)13-19(23-9-11-25-21(17)23)20-14-16-6-2-4-8-18(16)22-24(20)10-12-26-22/h13-14H,1-12H2/q+2. The number of hydrogen-bond donors (Lipinski definition) is 0. The molecule has 0 saturated carbocycles. The third-order valence-electron chi connectivity index (χ3n) is 6.60. The Morgan fingerprint density at radius 1 is 0.615 bits per heavy atom. The van der Waals surface area contributed by atoms with Gasteiger partial charge in [0.25, 0.3) is 11.4 Å². The quantitative estimate of drug-likeness (QED) is 0.691. The van der Waals surface area contributed by atoms with Crippen molar-refractivity contribution in [2.75, 3.05) is 11.5 Å². The van der Waals surface area contributed by atoms with E-state index in [-0.39, 0.29) is 0 Å². The molecule has 0 spiro atoms. The van der Waals surface area contributed by atoms with Crippen LogP contribution >= 0.6 is 23.5 Å². The predicted octanol–water partition coefficient (Wildman–Crippen LogP) is 3.90. The van der Waals surface area contributed by atoms with Gasteiger partial charge in [-0.1, -0.05) is 23.5 Å². The van der Waals surface area contributed by atoms with E-state index in [0.29, 0.717) is 0 Å². The summed E-state index contributed by atoms with van der Waals surface area (Å²) < 4.78 is 5.32. The van der Waals surface area contributed by atoms with Crippen molar-refractivity contribution in [3.8, 4) is 11.4 Å². The fraction of sp³-hybridized carbons (Fsp3) is 0.545. The van der Waals surface area contributed by atoms with E-state index in [1.165, 1.54) is 87.3 Å². The van der Waals surface area contributed by atoms with Crippen molar-refractivity contribution < 1.29 is 9.13 Å². The maximum absolute atomic E-state index is 2.66. The molecule has 4 heteroatoms. The molecular weight excluding hydrogens is 356 g/mol. The molecule has 2 aromatic heterocycles. The van der Waals surface area contributed by atoms with Crippen LogP contribution in [0.5, 0.6) is 0 Å². The number of aromatic nitrogens is 2. The van der Waals surface area contributed by atoms with Crippen LogP contribution < -0.4 is 9.13 Å². The molecule has 0 aromatic carbocycles. The summed E-state index contributed by atoms with van der Waals surface area (Å²) in [4.78, 5) is 0. The first kappa shape index (κ1) is 16.0. The zero-order chi connectivity index (χ0) is 17.1. The molecule has 0 bridgehead atoms. The Bertz CT molecular complexity index is 844. The normalized spacial score (nSPS) is 20.5. The van der Waals surface area contributed by atoms with Crippen molar-refractivity contribution in [1.82, 2.24) is 0 Å². The molecule has 2 aliphatic heterocycles. The van der Waals surface area contributed by atoms with Crippen LogP contribution in [0.3, 0.4) is 0 Å². The molecule has 0 radical (unpaired) electrons. The third kappa shape index (κ3) is 2.34. The highest BCUT2D eigenvalue weighted by molar-refractivity contribution is 7.99. The highest BCUT2D eigenvalue weighted by Crippen LogP contribution is 2.37. The van der Waals surface area contributed by atoms with Crippen molar-refractivity contribution in [3.05, 3.63) is 34.4 Å². The summed E-state index contributed by atoms with van der Waals surface area (Å²) in [5, 5.41) is 3.19. The molecule has 0 unspecified atom stereocenters. The number of nitrogens with zero attached hydrogens (tertiary/aromatic N) is 2. The Balaban J connectivity index is 1.61. The van der Waals surface area contributed by atoms with E-state index < -0.39 is 0 Å². The number of rotatable bonds is 1. The molecule has 0 fully saturated rings. The highest BCUT2D eigenvalue weighted by atomic mass is 32.2. The predicted molar refractivity (Wildman–Crippen MR) is 107 cm³/mol. The summed E-state index contributed by atoms with van der Waals surface area (Å²) in [6, 6.07) is 5.15. The van der Waals surface area contributed by atoms with E-state index in [0.717, 1.165) is 0 Å². The minimum absolute atomic E-state index is 1.18. The smallest absolute Gasteiger partial charge is 0.180 e. The first-order chi connectivity index (χ1) is 12.9. The topological polar surface area (TPSA) is 7.76 Å². The molecule has 0 atom stereocenters. The first-order valence-corrected chi connectivity index (χ1v) is 12.3. The molecule has 0 saturated heterocycles. The van der Waals surface area contributed by atoms with Gasteiger partial charge < -0.3 is 0 Å². The fourth-order valence-corrected chi connectivity index (χ4v) is 7.80. The van der Waals surface area contributed by atoms with Crippen LogP contribution in [0.2, 0.25) is 0 Å². The van der Waals surface area contributed by atoms with Crippen LogP contribution in [0.25, 0.3) is 11.4 Å². The van der Waals surface area contributed by atoms with Crippen LogP contribution in [-0.4, -0.2) is 11.5 Å². The highest BCUT2D eigenvalue weighted by Gasteiger charge is 2.39. The van der Waals surface area contributed by atoms with Crippen LogP contribution in [-0.2, 0) is 38.8 Å². The average molecular weight is 383 g/mol. The molecule has 0 N–H and O–H groups in total. The molecular formula is C22H26N2S2+2. The molecule has 4 heterocycles. The molecule has 2 nitrogen and oxygen atoms in total. The maximum Gasteiger partial charge on any atom is 0.278 e. The second-order valence-corrected chi connectivity index (χ2v) is 10.3. The average Bonchev–Trinajstić information content (AvgIpc) is 3.36. The van der Waals surface area contributed by atoms with Crippen molar-refractivity contribution in [2.45, 2.75) is 74.5 Å². The summed E-state index contributed by atoms with van der Waals surface area (Å²) in [6.45, 7) is 2.37. The van der Waals surface area contributed by atoms with Gasteiger partial charge in [-0.3, -0.25) is 0 Å². The summed E-state index contributed by atoms with van der Waals surface area (Å²) in [6.07, 6.45) is 10.6. The molecule has 4 aliphatic rings. The van der Waals surface area contributed by atoms with E-state index in [4.69, 9.17) is 0 Å². The van der Waals surface area contributed by atoms with Gasteiger partial charge in [-0.25, -0.2) is 0 Å². The van der Waals surface area contributed by atoms with Gasteiger partial charge in [-0.2, -0.15) is 9.13 Å². The first-order valence-electron chi connectivity index (χ1n) is 10.3. The molecule has 2 aliphatic carbocycles. The lowest BCUT2D eigenvalue weighted by Crippen LogP contribution is -2.44. The van der Waals surface area contributed by atoms with Gasteiger partial charge in [-0.15, -0.1) is 0 Å². The summed E-state index contributed by atoms with van der Waals surface area (Å²) in [5.74, 6) is 2.49. The van der Waals surface area contributed by atoms with Crippen molar-refractivity contribution in [1.29, 1.82) is 0 Å². The Labute approximate surface area is 164 Å². The molecule has 6 rings (SSSR count). The van der Waals surface area contributed by atoms with Crippen LogP contribution in [0.15, 0.2) is 22.2 Å². The second kappa shape index (κ2) is 6.27. The van der Waals surface area contributed by atoms with E-state index in [9.17, 15) is 0 Å². The van der Waals surface area contributed by atoms with E-state index in [2.05, 4.69) is 44.8 Å². The number of pyridine rings is 2. The minimum atomic E-state index is 1.18. The summed E-state index contributed by atoms with van der Waals surface area (Å²) in [5.41, 5.74) is 9.65. The Hall–Kier alpha value is -1.000. The monoisotopic (exact) mass is 382 g/mol. The SMILES string of the molecule is c1c2c(c3[n+](c1-c1cc4c(c5[n+]1CCS5)CCCC4)CCS3)CCCC2. The third-order valence-corrected chi connectivity index (χ3v) is 8.85. The van der Waals surface area contributed by atoms with Gasteiger partial charge in [0.15, 0.2) is 13.1 Å². The number of aryl methyl sites for hydroxylation is 2. The maximum atomic E-state index is 2.66. The van der Waals surface area contributed by atoms with Gasteiger partial charge >= 0.3 is 0 Å². The Morgan fingerprint density at radius 3 is 1.58 bits per heavy atom. The van der Waals surface area contributed by atoms with Crippen molar-refractivity contribution in [3.63, 3.8) is 0 Å². The van der Waals surface area contributed by atoms with Gasteiger partial charge in [-0.05, 0) is 62.5 Å². The lowest BCUT2D eigenvalue weighted by atomic mass is 9.90. The number of fused-ring (bicyclic) bond motifs is 6. The Morgan fingerprint density at radius 2 is 1.08 bits per heavy atom. The number of thioether (sulfide) groups is 2. The summed E-state index contributed by atoms with van der Waals surface area (Å²) >= 11 is 4.20. The zero-order valence-electron chi connectivity index (χ0n) is 15.4. The van der Waals surface area contributed by atoms with Gasteiger partial charge in [0, 0.05) is 23.3 Å². The van der Waals surface area contributed by atoms with E-state index in [1.54, 1.807) is 32.3 Å². The van der Waals surface area contributed by atoms with Crippen LogP contribution in [0.4, 0.5) is 0 Å². The van der Waals surface area contributed by atoms with Gasteiger partial charge in [0.1, 0.15) is 0 Å². The molecule has 0 amide bonds. The van der Waals surface area contributed by atoms with E-state index >= 15 is 0 Å². The number of hydrogen-bond acceptors (Lipinski definition) is 2. The Kier molecular flexibility index (Phi) is 3.86. The summed E-state index contributed by atoms with van der Waals surface area (Å²) in [7, 11) is 0. The van der Waals surface area contributed by atoms with Gasteiger partial charge in [0.2, 0.25) is 10.1 Å². The van der Waals surface area contributed by atoms with E-state index in [1.807, 2.05) is 0 Å². The largest absolute Gasteiger partial charge is 0.278 e. The molecule has 2 aromatic rings. The zero-order valence-corrected chi connectivity index (χ0v) is 17.0. The lowest BCUT2D eigenvalue weighted by Gasteiger charge is -2.18. The van der Waals surface area contributed by atoms with Crippen LogP contribution in [0, 0.1) is 0 Å². The van der Waals surface area contributed by atoms with Crippen molar-refractivity contribution >= 4 is 23.5 Å². The molecule has 26 heavy (non-hydrogen) atoms. The van der Waals surface area contributed by atoms with Crippen LogP contribution in [0.1, 0.15) is 47.9 Å². The molecule has 134 valence electrons. The second-order valence-electron chi connectivity index (χ2n) is 8.09. The van der Waals surface area contributed by atoms with Crippen molar-refractivity contribution in [2.24, 2.45) is 0 Å². The fourth-order valence-electron chi connectivity index (χ4n) is 5.36. The lowest BCUT2D eigenvalue weighted by molar-refractivity contribution is -0.741. The minimum Gasteiger partial charge on any atom is -0.180 e. The van der Waals surface area contributed by atoms with Gasteiger partial charge in [0.05, 0.1) is 11.5 Å².